The molecule has 0 atom stereocenters. The molecule has 0 saturated heterocycles. The molecule has 4 nitrogen and oxygen atoms in total. The lowest BCUT2D eigenvalue weighted by molar-refractivity contribution is 0.318. The van der Waals surface area contributed by atoms with Gasteiger partial charge in [0.05, 0.1) is 0 Å². The van der Waals surface area contributed by atoms with Crippen molar-refractivity contribution in [2.24, 2.45) is 10.9 Å². The number of hydrogen-bond donors (Lipinski definition) is 3. The summed E-state index contributed by atoms with van der Waals surface area (Å²) in [6.45, 7) is 2.24. The zero-order valence-electron chi connectivity index (χ0n) is 11.1. The number of hydrogen-bond acceptors (Lipinski definition) is 3. The molecule has 104 valence electrons. The van der Waals surface area contributed by atoms with Crippen molar-refractivity contribution < 1.29 is 9.60 Å². The van der Waals surface area contributed by atoms with Crippen LogP contribution in [-0.2, 0) is 6.54 Å². The zero-order chi connectivity index (χ0) is 14.5. The van der Waals surface area contributed by atoms with Crippen LogP contribution in [0.1, 0.15) is 16.7 Å². The summed E-state index contributed by atoms with van der Waals surface area (Å²) in [5.74, 6) is -0.173. The molecule has 2 aromatic carbocycles. The van der Waals surface area contributed by atoms with Crippen LogP contribution in [0.3, 0.4) is 0 Å². The van der Waals surface area contributed by atoms with Crippen LogP contribution in [0.15, 0.2) is 47.6 Å². The number of rotatable bonds is 4. The highest BCUT2D eigenvalue weighted by Crippen LogP contribution is 2.15. The molecule has 4 N–H and O–H groups in total. The third kappa shape index (κ3) is 3.26. The van der Waals surface area contributed by atoms with E-state index in [1.807, 2.05) is 24.3 Å². The van der Waals surface area contributed by atoms with Gasteiger partial charge < -0.3 is 16.3 Å². The third-order valence-corrected chi connectivity index (χ3v) is 3.00. The number of benzene rings is 2. The molecular weight excluding hydrogens is 257 g/mol. The lowest BCUT2D eigenvalue weighted by Crippen LogP contribution is -2.13. The second-order valence-electron chi connectivity index (χ2n) is 4.50. The van der Waals surface area contributed by atoms with Crippen molar-refractivity contribution >= 4 is 11.5 Å². The quantitative estimate of drug-likeness (QED) is 0.347. The Morgan fingerprint density at radius 2 is 2.10 bits per heavy atom. The number of nitrogens with zero attached hydrogens (tertiary/aromatic N) is 1. The van der Waals surface area contributed by atoms with Gasteiger partial charge in [0.2, 0.25) is 0 Å². The van der Waals surface area contributed by atoms with E-state index in [-0.39, 0.29) is 11.7 Å². The van der Waals surface area contributed by atoms with Gasteiger partial charge in [-0.3, -0.25) is 0 Å². The van der Waals surface area contributed by atoms with Crippen molar-refractivity contribution in [2.75, 3.05) is 5.32 Å². The van der Waals surface area contributed by atoms with Gasteiger partial charge in [-0.2, -0.15) is 0 Å². The van der Waals surface area contributed by atoms with E-state index in [1.54, 1.807) is 19.1 Å². The van der Waals surface area contributed by atoms with Gasteiger partial charge in [0.25, 0.3) is 0 Å². The number of halogens is 1. The van der Waals surface area contributed by atoms with Crippen LogP contribution in [0, 0.1) is 12.7 Å². The van der Waals surface area contributed by atoms with Gasteiger partial charge in [-0.1, -0.05) is 29.4 Å². The summed E-state index contributed by atoms with van der Waals surface area (Å²) >= 11 is 0. The summed E-state index contributed by atoms with van der Waals surface area (Å²) in [5, 5.41) is 14.7. The molecule has 0 radical (unpaired) electrons. The highest BCUT2D eigenvalue weighted by molar-refractivity contribution is 5.97. The van der Waals surface area contributed by atoms with Gasteiger partial charge in [-0.15, -0.1) is 0 Å². The Kier molecular flexibility index (Phi) is 4.20. The minimum absolute atomic E-state index is 0.0632. The van der Waals surface area contributed by atoms with E-state index in [0.29, 0.717) is 23.4 Å². The minimum atomic E-state index is -0.236. The number of nitrogens with two attached hydrogens (primary N) is 1. The fourth-order valence-corrected chi connectivity index (χ4v) is 1.81. The van der Waals surface area contributed by atoms with Gasteiger partial charge in [0.1, 0.15) is 5.82 Å². The highest BCUT2D eigenvalue weighted by atomic mass is 19.1. The molecule has 0 aliphatic heterocycles. The molecule has 0 aromatic heterocycles. The second-order valence-corrected chi connectivity index (χ2v) is 4.50. The van der Waals surface area contributed by atoms with Crippen LogP contribution >= 0.6 is 0 Å². The largest absolute Gasteiger partial charge is 0.409 e. The van der Waals surface area contributed by atoms with Gasteiger partial charge in [0.15, 0.2) is 5.84 Å². The van der Waals surface area contributed by atoms with E-state index in [2.05, 4.69) is 10.5 Å². The van der Waals surface area contributed by atoms with Gasteiger partial charge >= 0.3 is 0 Å². The molecule has 0 fully saturated rings. The summed E-state index contributed by atoms with van der Waals surface area (Å²) in [6, 6.07) is 12.3. The van der Waals surface area contributed by atoms with Crippen molar-refractivity contribution in [3.63, 3.8) is 0 Å². The maximum atomic E-state index is 13.4. The first-order valence-corrected chi connectivity index (χ1v) is 6.17. The Bertz CT molecular complexity index is 641. The van der Waals surface area contributed by atoms with Gasteiger partial charge in [-0.05, 0) is 36.2 Å². The fraction of sp³-hybridized carbons (Fsp3) is 0.133. The number of nitrogens with one attached hydrogen (secondary N) is 1. The topological polar surface area (TPSA) is 70.6 Å². The summed E-state index contributed by atoms with van der Waals surface area (Å²) in [5.41, 5.74) is 8.46. The molecule has 5 heteroatoms. The third-order valence-electron chi connectivity index (χ3n) is 3.00. The Balaban J connectivity index is 2.09. The monoisotopic (exact) mass is 273 g/mol. The lowest BCUT2D eigenvalue weighted by Gasteiger charge is -2.08. The Labute approximate surface area is 116 Å². The van der Waals surface area contributed by atoms with Crippen LogP contribution < -0.4 is 11.1 Å². The highest BCUT2D eigenvalue weighted by Gasteiger charge is 2.02. The molecule has 0 amide bonds. The van der Waals surface area contributed by atoms with E-state index in [4.69, 9.17) is 10.9 Å². The van der Waals surface area contributed by atoms with Crippen LogP contribution in [0.5, 0.6) is 0 Å². The molecule has 0 spiro atoms. The molecule has 0 bridgehead atoms. The summed E-state index contributed by atoms with van der Waals surface area (Å²) < 4.78 is 13.4. The summed E-state index contributed by atoms with van der Waals surface area (Å²) in [7, 11) is 0. The standard InChI is InChI=1S/C15H16FN3O/c1-10-5-6-13(8-14(10)16)18-9-11-3-2-4-12(7-11)15(17)19-20/h2-8,18,20H,9H2,1H3,(H2,17,19). The normalized spacial score (nSPS) is 11.4. The molecular formula is C15H16FN3O. The zero-order valence-corrected chi connectivity index (χ0v) is 11.1. The van der Waals surface area contributed by atoms with Crippen LogP contribution in [0.2, 0.25) is 0 Å². The van der Waals surface area contributed by atoms with Crippen molar-refractivity contribution in [1.82, 2.24) is 0 Å². The molecule has 0 aliphatic carbocycles. The first-order chi connectivity index (χ1) is 9.60. The fourth-order valence-electron chi connectivity index (χ4n) is 1.81. The molecule has 20 heavy (non-hydrogen) atoms. The second kappa shape index (κ2) is 6.06. The number of oxime groups is 1. The van der Waals surface area contributed by atoms with E-state index in [1.165, 1.54) is 6.07 Å². The van der Waals surface area contributed by atoms with Crippen molar-refractivity contribution in [3.8, 4) is 0 Å². The molecule has 2 aromatic rings. The van der Waals surface area contributed by atoms with Crippen molar-refractivity contribution in [3.05, 3.63) is 65.0 Å². The number of anilines is 1. The van der Waals surface area contributed by atoms with Gasteiger partial charge in [-0.25, -0.2) is 4.39 Å². The lowest BCUT2D eigenvalue weighted by atomic mass is 10.1. The Morgan fingerprint density at radius 3 is 2.80 bits per heavy atom. The first kappa shape index (κ1) is 13.9. The van der Waals surface area contributed by atoms with E-state index in [0.717, 1.165) is 5.56 Å². The molecule has 0 aliphatic rings. The van der Waals surface area contributed by atoms with Crippen molar-refractivity contribution in [1.29, 1.82) is 0 Å². The average molecular weight is 273 g/mol. The number of amidine groups is 1. The maximum Gasteiger partial charge on any atom is 0.170 e. The number of aryl methyl sites for hydroxylation is 1. The Hall–Kier alpha value is -2.56. The summed E-state index contributed by atoms with van der Waals surface area (Å²) in [6.07, 6.45) is 0. The molecule has 0 unspecified atom stereocenters. The van der Waals surface area contributed by atoms with Crippen LogP contribution in [-0.4, -0.2) is 11.0 Å². The van der Waals surface area contributed by atoms with E-state index >= 15 is 0 Å². The SMILES string of the molecule is Cc1ccc(NCc2cccc(C(N)=NO)c2)cc1F. The minimum Gasteiger partial charge on any atom is -0.409 e. The van der Waals surface area contributed by atoms with Gasteiger partial charge in [0, 0.05) is 17.8 Å². The van der Waals surface area contributed by atoms with Crippen molar-refractivity contribution in [2.45, 2.75) is 13.5 Å². The Morgan fingerprint density at radius 1 is 1.30 bits per heavy atom. The molecule has 2 rings (SSSR count). The van der Waals surface area contributed by atoms with E-state index < -0.39 is 0 Å². The predicted octanol–water partition coefficient (Wildman–Crippen LogP) is 2.84. The van der Waals surface area contributed by atoms with Crippen LogP contribution in [0.4, 0.5) is 10.1 Å². The predicted molar refractivity (Wildman–Crippen MR) is 77.4 cm³/mol. The van der Waals surface area contributed by atoms with Crippen LogP contribution in [0.25, 0.3) is 0 Å². The molecule has 0 saturated carbocycles. The maximum absolute atomic E-state index is 13.4. The first-order valence-electron chi connectivity index (χ1n) is 6.17. The van der Waals surface area contributed by atoms with E-state index in [9.17, 15) is 4.39 Å². The smallest absolute Gasteiger partial charge is 0.170 e. The average Bonchev–Trinajstić information content (AvgIpc) is 2.48. The molecule has 0 heterocycles. The summed E-state index contributed by atoms with van der Waals surface area (Å²) in [4.78, 5) is 0.